The molecule has 616 valence electrons. The standard InChI is InChI=1S/C65H89N3O42/c1-25(69)86-20-41-46(91-30(6)74)51(96-35(11)79)56(61(102-41)85-19-17-18-67-68-66)110-65-60(101-40(16)84)55(50(95-34(10)78)45(106-65)24-90-29(5)73)109-64-59(100-39(15)83)54(49(94-33(9)77)44(105-64)23-89-28(4)72)108-63-58(99-38(14)82)53(48(93-32(8)76)43(104-63)22-88-27(3)71)107-62-57(98-37(13)81)52(97-36(12)80)47(92-31(7)75)42(103-62)21-87-26(2)70/h41-65H,17-24H2,1-16H3/t41-,42-,43-,44-,45-,46-,47-,48-,49-,50-,51+,52+,53+,54+,55+,56+,57+,58+,59+,60+,61+,62-,63-,64-,65-/m1/s1. The van der Waals surface area contributed by atoms with E-state index in [1.165, 1.54) is 0 Å². The number of carbonyl (C=O) groups excluding carboxylic acids is 16. The Balaban J connectivity index is 1.86. The predicted molar refractivity (Wildman–Crippen MR) is 342 cm³/mol. The molecule has 0 aromatic rings. The largest absolute Gasteiger partial charge is 0.463 e. The fourth-order valence-electron chi connectivity index (χ4n) is 11.8. The Morgan fingerprint density at radius 2 is 0.445 bits per heavy atom. The van der Waals surface area contributed by atoms with E-state index in [9.17, 15) is 76.7 Å². The van der Waals surface area contributed by atoms with Crippen LogP contribution in [0.3, 0.4) is 0 Å². The van der Waals surface area contributed by atoms with Gasteiger partial charge in [-0.2, -0.15) is 0 Å². The summed E-state index contributed by atoms with van der Waals surface area (Å²) in [5, 5.41) is 3.47. The van der Waals surface area contributed by atoms with Crippen molar-refractivity contribution in [3.05, 3.63) is 10.4 Å². The highest BCUT2D eigenvalue weighted by Gasteiger charge is 2.63. The van der Waals surface area contributed by atoms with Crippen LogP contribution in [0.2, 0.25) is 0 Å². The van der Waals surface area contributed by atoms with Crippen molar-refractivity contribution in [1.29, 1.82) is 0 Å². The van der Waals surface area contributed by atoms with Gasteiger partial charge in [-0.15, -0.1) is 0 Å². The molecule has 0 spiro atoms. The number of rotatable bonds is 34. The third-order valence-corrected chi connectivity index (χ3v) is 15.4. The predicted octanol–water partition coefficient (Wildman–Crippen LogP) is -1.07. The molecule has 0 aliphatic carbocycles. The molecule has 110 heavy (non-hydrogen) atoms. The van der Waals surface area contributed by atoms with Crippen molar-refractivity contribution in [2.24, 2.45) is 5.11 Å². The van der Waals surface area contributed by atoms with E-state index in [0.717, 1.165) is 111 Å². The van der Waals surface area contributed by atoms with Gasteiger partial charge in [0, 0.05) is 129 Å². The number of nitrogens with zero attached hydrogens (tertiary/aromatic N) is 3. The number of azide groups is 1. The molecule has 45 heteroatoms. The average Bonchev–Trinajstić information content (AvgIpc) is 0.700. The molecule has 5 saturated heterocycles. The van der Waals surface area contributed by atoms with Gasteiger partial charge >= 0.3 is 95.5 Å². The zero-order valence-corrected chi connectivity index (χ0v) is 62.6. The van der Waals surface area contributed by atoms with Crippen LogP contribution in [0.25, 0.3) is 10.4 Å². The molecule has 0 bridgehead atoms. The number of hydrogen-bond donors (Lipinski definition) is 0. The van der Waals surface area contributed by atoms with Crippen LogP contribution in [-0.2, 0) is 200 Å². The van der Waals surface area contributed by atoms with Gasteiger partial charge in [0.05, 0.1) is 0 Å². The van der Waals surface area contributed by atoms with Gasteiger partial charge in [0.25, 0.3) is 0 Å². The van der Waals surface area contributed by atoms with Crippen molar-refractivity contribution >= 4 is 95.5 Å². The van der Waals surface area contributed by atoms with Gasteiger partial charge in [0.2, 0.25) is 0 Å². The Morgan fingerprint density at radius 3 is 0.673 bits per heavy atom. The lowest BCUT2D eigenvalue weighted by Crippen LogP contribution is -2.70. The van der Waals surface area contributed by atoms with Crippen LogP contribution in [-0.4, -0.2) is 295 Å². The summed E-state index contributed by atoms with van der Waals surface area (Å²) in [6, 6.07) is 0. The summed E-state index contributed by atoms with van der Waals surface area (Å²) in [5.74, 6) is -17.7. The second-order valence-electron chi connectivity index (χ2n) is 24.6. The molecule has 5 heterocycles. The Bertz CT molecular complexity index is 3340. The van der Waals surface area contributed by atoms with Crippen molar-refractivity contribution in [1.82, 2.24) is 0 Å². The van der Waals surface area contributed by atoms with Gasteiger partial charge in [-0.3, -0.25) is 76.7 Å². The van der Waals surface area contributed by atoms with E-state index in [-0.39, 0.29) is 19.6 Å². The summed E-state index contributed by atoms with van der Waals surface area (Å²) in [6.45, 7) is 9.40. The van der Waals surface area contributed by atoms with Crippen LogP contribution < -0.4 is 0 Å². The molecule has 0 radical (unpaired) electrons. The molecule has 0 amide bonds. The van der Waals surface area contributed by atoms with Crippen LogP contribution in [0.1, 0.15) is 117 Å². The molecule has 25 atom stereocenters. The van der Waals surface area contributed by atoms with E-state index in [1.54, 1.807) is 0 Å². The summed E-state index contributed by atoms with van der Waals surface area (Å²) in [7, 11) is 0. The number of carbonyl (C=O) groups is 16. The molecular weight excluding hydrogens is 1490 g/mol. The molecule has 0 unspecified atom stereocenters. The van der Waals surface area contributed by atoms with E-state index in [1.807, 2.05) is 0 Å². The fraction of sp³-hybridized carbons (Fsp3) is 0.754. The highest BCUT2D eigenvalue weighted by Crippen LogP contribution is 2.42. The van der Waals surface area contributed by atoms with E-state index in [0.29, 0.717) is 0 Å². The first-order chi connectivity index (χ1) is 51.7. The van der Waals surface area contributed by atoms with Gasteiger partial charge in [0.15, 0.2) is 105 Å². The van der Waals surface area contributed by atoms with Gasteiger partial charge in [-0.25, -0.2) is 0 Å². The van der Waals surface area contributed by atoms with E-state index in [2.05, 4.69) is 10.0 Å². The summed E-state index contributed by atoms with van der Waals surface area (Å²) in [4.78, 5) is 213. The molecule has 5 aliphatic rings. The first-order valence-electron chi connectivity index (χ1n) is 33.8. The number of esters is 16. The normalized spacial score (nSPS) is 31.7. The summed E-state index contributed by atoms with van der Waals surface area (Å²) < 4.78 is 155. The van der Waals surface area contributed by atoms with Crippen LogP contribution in [0, 0.1) is 0 Å². The van der Waals surface area contributed by atoms with Gasteiger partial charge in [-0.05, 0) is 12.0 Å². The lowest BCUT2D eigenvalue weighted by molar-refractivity contribution is -0.397. The number of hydrogen-bond acceptors (Lipinski definition) is 43. The third-order valence-electron chi connectivity index (χ3n) is 15.4. The zero-order chi connectivity index (χ0) is 82.1. The summed E-state index contributed by atoms with van der Waals surface area (Å²) in [6.07, 6.45) is -52.5. The average molecular weight is 1580 g/mol. The Hall–Kier alpha value is -9.57. The quantitative estimate of drug-likeness (QED) is 0.0185. The Kier molecular flexibility index (Phi) is 35.7. The zero-order valence-electron chi connectivity index (χ0n) is 62.6. The first kappa shape index (κ1) is 91.0. The van der Waals surface area contributed by atoms with Crippen molar-refractivity contribution in [2.75, 3.05) is 46.2 Å². The second-order valence-corrected chi connectivity index (χ2v) is 24.6. The molecule has 0 saturated carbocycles. The highest BCUT2D eigenvalue weighted by molar-refractivity contribution is 5.72. The van der Waals surface area contributed by atoms with E-state index < -0.39 is 282 Å². The van der Waals surface area contributed by atoms with E-state index in [4.69, 9.17) is 129 Å². The molecule has 45 nitrogen and oxygen atoms in total. The molecule has 5 rings (SSSR count). The monoisotopic (exact) mass is 1580 g/mol. The molecular formula is C65H89N3O42. The van der Waals surface area contributed by atoms with Crippen molar-refractivity contribution in [2.45, 2.75) is 271 Å². The molecule has 0 aromatic heterocycles. The van der Waals surface area contributed by atoms with Crippen molar-refractivity contribution in [3.8, 4) is 0 Å². The first-order valence-corrected chi connectivity index (χ1v) is 33.8. The van der Waals surface area contributed by atoms with Crippen LogP contribution >= 0.6 is 0 Å². The molecule has 0 N–H and O–H groups in total. The number of ether oxygens (including phenoxy) is 26. The third kappa shape index (κ3) is 28.1. The smallest absolute Gasteiger partial charge is 0.303 e. The highest BCUT2D eigenvalue weighted by atomic mass is 16.8. The molecule has 5 fully saturated rings. The van der Waals surface area contributed by atoms with Crippen LogP contribution in [0.5, 0.6) is 0 Å². The summed E-state index contributed by atoms with van der Waals surface area (Å²) in [5.41, 5.74) is 9.02. The maximum atomic E-state index is 13.9. The maximum absolute atomic E-state index is 13.9. The molecule has 0 aromatic carbocycles. The van der Waals surface area contributed by atoms with Crippen LogP contribution in [0.4, 0.5) is 0 Å². The van der Waals surface area contributed by atoms with E-state index >= 15 is 0 Å². The summed E-state index contributed by atoms with van der Waals surface area (Å²) >= 11 is 0. The molecule has 5 aliphatic heterocycles. The van der Waals surface area contributed by atoms with Crippen LogP contribution in [0.15, 0.2) is 5.11 Å². The fourth-order valence-corrected chi connectivity index (χ4v) is 11.8. The minimum atomic E-state index is -2.47. The maximum Gasteiger partial charge on any atom is 0.303 e. The van der Waals surface area contributed by atoms with Gasteiger partial charge < -0.3 is 123 Å². The van der Waals surface area contributed by atoms with Gasteiger partial charge in [0.1, 0.15) is 81.9 Å². The SMILES string of the molecule is CC(=O)OC[C@H]1O[C@H](O[C@@H]2[C@H](OC(C)=O)[C@@H](O[C@@H]3[C@H](OC(C)=O)[C@@H](O[C@@H]4[C@H](OC(C)=O)[C@@H](O[C@@H]5[C@@H](OCCCN=[N+]=[N-])O[C@H](COC(C)=O)[C@@H](OC(C)=O)[C@@H]5OC(C)=O)O[C@H](COC(C)=O)[C@H]4OC(C)=O)O[C@H](COC(C)=O)[C@H]3OC(C)=O)O[C@H](COC(C)=O)[C@H]2OC(C)=O)[C@@H](OC(C)=O)[C@@H](OC(C)=O)[C@@H]1OC(C)=O. The lowest BCUT2D eigenvalue weighted by Gasteiger charge is -2.51. The van der Waals surface area contributed by atoms with Crippen molar-refractivity contribution < 1.29 is 200 Å². The topological polar surface area (TPSA) is 562 Å². The minimum absolute atomic E-state index is 0.0486. The minimum Gasteiger partial charge on any atom is -0.463 e. The second kappa shape index (κ2) is 43.1. The lowest BCUT2D eigenvalue weighted by atomic mass is 9.94. The van der Waals surface area contributed by atoms with Gasteiger partial charge in [-0.1, -0.05) is 5.11 Å². The Labute approximate surface area is 626 Å². The Morgan fingerprint density at radius 1 is 0.255 bits per heavy atom. The van der Waals surface area contributed by atoms with Crippen molar-refractivity contribution in [3.63, 3.8) is 0 Å².